The Morgan fingerprint density at radius 1 is 0.917 bits per heavy atom. The summed E-state index contributed by atoms with van der Waals surface area (Å²) in [5.74, 6) is 0.653. The lowest BCUT2D eigenvalue weighted by molar-refractivity contribution is 0.489. The highest BCUT2D eigenvalue weighted by molar-refractivity contribution is 7.87. The van der Waals surface area contributed by atoms with E-state index in [1.165, 1.54) is 0 Å². The van der Waals surface area contributed by atoms with Crippen molar-refractivity contribution in [3.8, 4) is 21.9 Å². The molecule has 0 unspecified atom stereocenters. The molecule has 0 bridgehead atoms. The molecule has 2 aromatic heterocycles. The zero-order valence-corrected chi connectivity index (χ0v) is 20.5. The summed E-state index contributed by atoms with van der Waals surface area (Å²) < 4.78 is 39.2. The largest absolute Gasteiger partial charge is 0.424 e. The lowest BCUT2D eigenvalue weighted by atomic mass is 10.0. The molecule has 10 heteroatoms. The summed E-state index contributed by atoms with van der Waals surface area (Å²) in [6.07, 6.45) is 2.22. The third-order valence-corrected chi connectivity index (χ3v) is 6.81. The number of anilines is 2. The van der Waals surface area contributed by atoms with E-state index in [2.05, 4.69) is 10.3 Å². The van der Waals surface area contributed by atoms with E-state index in [-0.39, 0.29) is 11.7 Å². The molecule has 5 rings (SSSR count). The Hall–Kier alpha value is -3.99. The van der Waals surface area contributed by atoms with Crippen LogP contribution in [0.4, 0.5) is 11.7 Å². The summed E-state index contributed by atoms with van der Waals surface area (Å²) in [7, 11) is -4.33. The fourth-order valence-corrected chi connectivity index (χ4v) is 5.02. The predicted molar refractivity (Wildman–Crippen MR) is 141 cm³/mol. The van der Waals surface area contributed by atoms with Crippen LogP contribution >= 0.6 is 11.3 Å². The standard InChI is InChI=1S/C26H22N4O4S2/c31-36(32,33)30-21-13-11-18(12-14-21)15-22(23-17-35-25(28-23)20-9-5-2-6-10-20)29-26-27-16-24(34-26)19-7-3-1-4-8-19/h1-14,16-17,22,30H,15H2,(H,27,29)(H,31,32,33)/t22-/m0/s1. The molecule has 3 N–H and O–H groups in total. The van der Waals surface area contributed by atoms with Crippen molar-refractivity contribution >= 4 is 33.3 Å². The lowest BCUT2D eigenvalue weighted by Gasteiger charge is -2.16. The Kier molecular flexibility index (Phi) is 6.81. The zero-order chi connectivity index (χ0) is 25.0. The van der Waals surface area contributed by atoms with Gasteiger partial charge in [-0.2, -0.15) is 8.42 Å². The van der Waals surface area contributed by atoms with Gasteiger partial charge in [0.05, 0.1) is 23.6 Å². The van der Waals surface area contributed by atoms with Gasteiger partial charge in [-0.15, -0.1) is 11.3 Å². The van der Waals surface area contributed by atoms with Gasteiger partial charge in [-0.1, -0.05) is 72.8 Å². The third-order valence-electron chi connectivity index (χ3n) is 5.40. The molecule has 5 aromatic rings. The molecule has 0 aliphatic carbocycles. The summed E-state index contributed by atoms with van der Waals surface area (Å²) in [6, 6.07) is 26.6. The van der Waals surface area contributed by atoms with Gasteiger partial charge in [0.25, 0.3) is 6.01 Å². The molecule has 0 spiro atoms. The summed E-state index contributed by atoms with van der Waals surface area (Å²) in [5.41, 5.74) is 3.99. The molecule has 0 aliphatic heterocycles. The van der Waals surface area contributed by atoms with Gasteiger partial charge >= 0.3 is 10.3 Å². The van der Waals surface area contributed by atoms with Gasteiger partial charge < -0.3 is 9.73 Å². The van der Waals surface area contributed by atoms with Crippen LogP contribution in [0, 0.1) is 0 Å². The molecule has 0 amide bonds. The maximum absolute atomic E-state index is 11.1. The minimum atomic E-state index is -4.33. The van der Waals surface area contributed by atoms with Crippen LogP contribution in [0.1, 0.15) is 17.3 Å². The SMILES string of the molecule is O=S(=O)(O)Nc1ccc(C[C@H](Nc2ncc(-c3ccccc3)o2)c2csc(-c3ccccc3)n2)cc1. The van der Waals surface area contributed by atoms with Crippen molar-refractivity contribution in [2.24, 2.45) is 0 Å². The molecule has 36 heavy (non-hydrogen) atoms. The molecule has 0 radical (unpaired) electrons. The number of oxazole rings is 1. The first-order valence-electron chi connectivity index (χ1n) is 11.1. The molecule has 0 fully saturated rings. The van der Waals surface area contributed by atoms with Crippen LogP contribution in [0.25, 0.3) is 21.9 Å². The summed E-state index contributed by atoms with van der Waals surface area (Å²) in [4.78, 5) is 9.28. The third kappa shape index (κ3) is 5.98. The summed E-state index contributed by atoms with van der Waals surface area (Å²) >= 11 is 1.56. The van der Waals surface area contributed by atoms with Crippen LogP contribution in [0.5, 0.6) is 0 Å². The molecular weight excluding hydrogens is 496 g/mol. The number of nitrogens with zero attached hydrogens (tertiary/aromatic N) is 2. The molecule has 182 valence electrons. The monoisotopic (exact) mass is 518 g/mol. The number of hydrogen-bond acceptors (Lipinski definition) is 7. The van der Waals surface area contributed by atoms with E-state index in [0.717, 1.165) is 27.4 Å². The van der Waals surface area contributed by atoms with E-state index in [1.54, 1.807) is 41.8 Å². The summed E-state index contributed by atoms with van der Waals surface area (Å²) in [6.45, 7) is 0. The predicted octanol–water partition coefficient (Wildman–Crippen LogP) is 6.08. The average molecular weight is 519 g/mol. The van der Waals surface area contributed by atoms with E-state index in [0.29, 0.717) is 18.2 Å². The molecule has 8 nitrogen and oxygen atoms in total. The molecule has 2 heterocycles. The highest BCUT2D eigenvalue weighted by Crippen LogP contribution is 2.31. The number of hydrogen-bond donors (Lipinski definition) is 3. The lowest BCUT2D eigenvalue weighted by Crippen LogP contribution is -2.15. The van der Waals surface area contributed by atoms with Gasteiger partial charge in [-0.25, -0.2) is 9.97 Å². The van der Waals surface area contributed by atoms with E-state index in [9.17, 15) is 8.42 Å². The second kappa shape index (κ2) is 10.3. The average Bonchev–Trinajstić information content (AvgIpc) is 3.55. The second-order valence-electron chi connectivity index (χ2n) is 8.01. The van der Waals surface area contributed by atoms with Crippen molar-refractivity contribution in [1.82, 2.24) is 9.97 Å². The smallest absolute Gasteiger partial charge is 0.357 e. The molecule has 0 saturated carbocycles. The van der Waals surface area contributed by atoms with Crippen LogP contribution in [0.15, 0.2) is 101 Å². The van der Waals surface area contributed by atoms with E-state index >= 15 is 0 Å². The van der Waals surface area contributed by atoms with Crippen molar-refractivity contribution < 1.29 is 17.4 Å². The highest BCUT2D eigenvalue weighted by Gasteiger charge is 2.19. The van der Waals surface area contributed by atoms with Gasteiger partial charge in [0.2, 0.25) is 0 Å². The molecule has 0 aliphatic rings. The van der Waals surface area contributed by atoms with Crippen molar-refractivity contribution in [3.05, 3.63) is 108 Å². The van der Waals surface area contributed by atoms with Crippen LogP contribution in [0.3, 0.4) is 0 Å². The van der Waals surface area contributed by atoms with Gasteiger partial charge in [0.15, 0.2) is 5.76 Å². The fourth-order valence-electron chi connectivity index (χ4n) is 3.71. The van der Waals surface area contributed by atoms with Crippen LogP contribution in [0.2, 0.25) is 0 Å². The number of thiazole rings is 1. The van der Waals surface area contributed by atoms with Gasteiger partial charge in [0, 0.05) is 16.5 Å². The van der Waals surface area contributed by atoms with Crippen molar-refractivity contribution in [2.45, 2.75) is 12.5 Å². The van der Waals surface area contributed by atoms with Crippen LogP contribution in [-0.2, 0) is 16.7 Å². The van der Waals surface area contributed by atoms with Crippen molar-refractivity contribution in [2.75, 3.05) is 10.0 Å². The molecule has 3 aromatic carbocycles. The number of benzene rings is 3. The Morgan fingerprint density at radius 3 is 2.25 bits per heavy atom. The maximum atomic E-state index is 11.1. The van der Waals surface area contributed by atoms with Crippen molar-refractivity contribution in [1.29, 1.82) is 0 Å². The Morgan fingerprint density at radius 2 is 1.58 bits per heavy atom. The number of nitrogens with one attached hydrogen (secondary N) is 2. The summed E-state index contributed by atoms with van der Waals surface area (Å²) in [5, 5.41) is 6.28. The Balaban J connectivity index is 1.41. The zero-order valence-electron chi connectivity index (χ0n) is 18.9. The highest BCUT2D eigenvalue weighted by atomic mass is 32.2. The van der Waals surface area contributed by atoms with Gasteiger partial charge in [0.1, 0.15) is 5.01 Å². The second-order valence-corrected chi connectivity index (χ2v) is 10.0. The minimum absolute atomic E-state index is 0.263. The van der Waals surface area contributed by atoms with Crippen LogP contribution in [-0.4, -0.2) is 22.9 Å². The van der Waals surface area contributed by atoms with E-state index in [1.807, 2.05) is 70.8 Å². The normalized spacial score (nSPS) is 12.2. The Labute approximate surface area is 212 Å². The van der Waals surface area contributed by atoms with E-state index in [4.69, 9.17) is 14.0 Å². The maximum Gasteiger partial charge on any atom is 0.357 e. The Bertz CT molecular complexity index is 1530. The minimum Gasteiger partial charge on any atom is -0.424 e. The van der Waals surface area contributed by atoms with Crippen molar-refractivity contribution in [3.63, 3.8) is 0 Å². The molecular formula is C26H22N4O4S2. The fraction of sp³-hybridized carbons (Fsp3) is 0.0769. The van der Waals surface area contributed by atoms with E-state index < -0.39 is 10.3 Å². The van der Waals surface area contributed by atoms with Gasteiger partial charge in [-0.05, 0) is 24.1 Å². The first-order chi connectivity index (χ1) is 17.4. The molecule has 1 atom stereocenters. The van der Waals surface area contributed by atoms with Gasteiger partial charge in [-0.3, -0.25) is 9.27 Å². The van der Waals surface area contributed by atoms with Crippen LogP contribution < -0.4 is 10.0 Å². The first-order valence-corrected chi connectivity index (χ1v) is 13.4. The molecule has 0 saturated heterocycles. The number of aromatic nitrogens is 2. The quantitative estimate of drug-likeness (QED) is 0.203. The topological polar surface area (TPSA) is 117 Å². The first kappa shape index (κ1) is 23.7. The number of rotatable bonds is 9.